The van der Waals surface area contributed by atoms with Crippen LogP contribution in [-0.4, -0.2) is 0 Å². The predicted molar refractivity (Wildman–Crippen MR) is 75.0 cm³/mol. The Balaban J connectivity index is 3.11. The van der Waals surface area contributed by atoms with Gasteiger partial charge in [-0.05, 0) is 58.2 Å². The third kappa shape index (κ3) is 3.38. The first-order valence-corrected chi connectivity index (χ1v) is 6.98. The van der Waals surface area contributed by atoms with Crippen molar-refractivity contribution in [2.24, 2.45) is 5.92 Å². The zero-order valence-corrected chi connectivity index (χ0v) is 12.8. The van der Waals surface area contributed by atoms with Crippen LogP contribution < -0.4 is 0 Å². The minimum absolute atomic E-state index is 0.595. The fraction of sp³-hybridized carbons (Fsp3) is 0.455. The molecular formula is C11H13BrClI. The highest BCUT2D eigenvalue weighted by molar-refractivity contribution is 14.1. The van der Waals surface area contributed by atoms with Gasteiger partial charge in [-0.15, -0.1) is 11.6 Å². The van der Waals surface area contributed by atoms with Gasteiger partial charge in [-0.25, -0.2) is 0 Å². The van der Waals surface area contributed by atoms with Crippen LogP contribution in [0.4, 0.5) is 0 Å². The van der Waals surface area contributed by atoms with Gasteiger partial charge >= 0.3 is 0 Å². The molecule has 0 amide bonds. The van der Waals surface area contributed by atoms with Gasteiger partial charge in [0.1, 0.15) is 0 Å². The topological polar surface area (TPSA) is 0 Å². The van der Waals surface area contributed by atoms with Gasteiger partial charge in [-0.1, -0.05) is 29.8 Å². The summed E-state index contributed by atoms with van der Waals surface area (Å²) in [6.45, 7) is 4.45. The van der Waals surface area contributed by atoms with Crippen molar-refractivity contribution in [3.8, 4) is 0 Å². The van der Waals surface area contributed by atoms with E-state index in [1.54, 1.807) is 0 Å². The third-order valence-corrected chi connectivity index (χ3v) is 3.63. The Hall–Kier alpha value is 0.720. The molecule has 0 spiro atoms. The van der Waals surface area contributed by atoms with Crippen molar-refractivity contribution >= 4 is 50.1 Å². The average molecular weight is 387 g/mol. The van der Waals surface area contributed by atoms with Gasteiger partial charge in [0.25, 0.3) is 0 Å². The van der Waals surface area contributed by atoms with Crippen LogP contribution in [0.1, 0.15) is 25.0 Å². The maximum absolute atomic E-state index is 5.94. The van der Waals surface area contributed by atoms with Crippen LogP contribution in [0.3, 0.4) is 0 Å². The molecule has 1 aromatic rings. The Labute approximate surface area is 113 Å². The largest absolute Gasteiger partial charge is 0.122 e. The van der Waals surface area contributed by atoms with Gasteiger partial charge in [0.05, 0.1) is 0 Å². The summed E-state index contributed by atoms with van der Waals surface area (Å²) >= 11 is 11.9. The van der Waals surface area contributed by atoms with Gasteiger partial charge in [-0.2, -0.15) is 0 Å². The Morgan fingerprint density at radius 2 is 2.07 bits per heavy atom. The van der Waals surface area contributed by atoms with Gasteiger partial charge in [0, 0.05) is 13.9 Å². The smallest absolute Gasteiger partial charge is 0.0477 e. The quantitative estimate of drug-likeness (QED) is 0.506. The Morgan fingerprint density at radius 3 is 2.57 bits per heavy atom. The van der Waals surface area contributed by atoms with E-state index in [0.29, 0.717) is 11.8 Å². The molecular weight excluding hydrogens is 374 g/mol. The Morgan fingerprint density at radius 1 is 1.43 bits per heavy atom. The van der Waals surface area contributed by atoms with Crippen molar-refractivity contribution in [3.05, 3.63) is 31.3 Å². The van der Waals surface area contributed by atoms with Gasteiger partial charge in [-0.3, -0.25) is 0 Å². The highest BCUT2D eigenvalue weighted by Gasteiger charge is 2.09. The van der Waals surface area contributed by atoms with E-state index in [1.807, 2.05) is 0 Å². The molecule has 1 aromatic carbocycles. The van der Waals surface area contributed by atoms with E-state index in [0.717, 1.165) is 6.42 Å². The van der Waals surface area contributed by atoms with Crippen LogP contribution in [-0.2, 0) is 12.3 Å². The first kappa shape index (κ1) is 12.8. The lowest BCUT2D eigenvalue weighted by Crippen LogP contribution is -2.00. The minimum atomic E-state index is 0.595. The normalized spacial score (nSPS) is 11.0. The SMILES string of the molecule is CC(C)Cc1c(Br)cc(I)cc1CCl. The zero-order valence-electron chi connectivity index (χ0n) is 8.28. The molecule has 0 unspecified atom stereocenters. The molecule has 0 nitrogen and oxygen atoms in total. The second kappa shape index (κ2) is 5.71. The van der Waals surface area contributed by atoms with E-state index in [2.05, 4.69) is 64.5 Å². The van der Waals surface area contributed by atoms with Crippen LogP contribution in [0, 0.1) is 9.49 Å². The maximum Gasteiger partial charge on any atom is 0.0477 e. The zero-order chi connectivity index (χ0) is 10.7. The molecule has 0 saturated carbocycles. The summed E-state index contributed by atoms with van der Waals surface area (Å²) in [5.41, 5.74) is 2.61. The van der Waals surface area contributed by atoms with E-state index in [1.165, 1.54) is 19.2 Å². The second-order valence-corrected chi connectivity index (χ2v) is 6.12. The fourth-order valence-corrected chi connectivity index (χ4v) is 3.43. The van der Waals surface area contributed by atoms with Crippen molar-refractivity contribution < 1.29 is 0 Å². The third-order valence-electron chi connectivity index (χ3n) is 2.01. The van der Waals surface area contributed by atoms with E-state index in [-0.39, 0.29) is 0 Å². The molecule has 0 saturated heterocycles. The molecule has 78 valence electrons. The second-order valence-electron chi connectivity index (χ2n) is 3.76. The summed E-state index contributed by atoms with van der Waals surface area (Å²) in [7, 11) is 0. The number of alkyl halides is 1. The van der Waals surface area contributed by atoms with Crippen molar-refractivity contribution in [3.63, 3.8) is 0 Å². The van der Waals surface area contributed by atoms with Crippen LogP contribution in [0.5, 0.6) is 0 Å². The molecule has 0 N–H and O–H groups in total. The Bertz CT molecular complexity index is 323. The first-order chi connectivity index (χ1) is 6.54. The number of benzene rings is 1. The molecule has 3 heteroatoms. The van der Waals surface area contributed by atoms with Gasteiger partial charge in [0.2, 0.25) is 0 Å². The van der Waals surface area contributed by atoms with Crippen LogP contribution in [0.2, 0.25) is 0 Å². The van der Waals surface area contributed by atoms with Crippen LogP contribution in [0.15, 0.2) is 16.6 Å². The highest BCUT2D eigenvalue weighted by Crippen LogP contribution is 2.27. The van der Waals surface area contributed by atoms with Gasteiger partial charge < -0.3 is 0 Å². The van der Waals surface area contributed by atoms with Crippen LogP contribution in [0.25, 0.3) is 0 Å². The van der Waals surface area contributed by atoms with E-state index in [9.17, 15) is 0 Å². The maximum atomic E-state index is 5.94. The summed E-state index contributed by atoms with van der Waals surface area (Å²) in [5, 5.41) is 0. The summed E-state index contributed by atoms with van der Waals surface area (Å²) in [4.78, 5) is 0. The van der Waals surface area contributed by atoms with Gasteiger partial charge in [0.15, 0.2) is 0 Å². The lowest BCUT2D eigenvalue weighted by molar-refractivity contribution is 0.642. The lowest BCUT2D eigenvalue weighted by Gasteiger charge is -2.12. The number of hydrogen-bond acceptors (Lipinski definition) is 0. The molecule has 0 aromatic heterocycles. The van der Waals surface area contributed by atoms with E-state index < -0.39 is 0 Å². The molecule has 14 heavy (non-hydrogen) atoms. The summed E-state index contributed by atoms with van der Waals surface area (Å²) in [6.07, 6.45) is 1.08. The summed E-state index contributed by atoms with van der Waals surface area (Å²) in [6, 6.07) is 4.31. The van der Waals surface area contributed by atoms with Crippen LogP contribution >= 0.6 is 50.1 Å². The Kier molecular flexibility index (Phi) is 5.21. The summed E-state index contributed by atoms with van der Waals surface area (Å²) < 4.78 is 2.42. The fourth-order valence-electron chi connectivity index (χ4n) is 1.41. The average Bonchev–Trinajstić information content (AvgIpc) is 2.08. The molecule has 0 aliphatic rings. The summed E-state index contributed by atoms with van der Waals surface area (Å²) in [5.74, 6) is 1.26. The van der Waals surface area contributed by atoms with Crippen molar-refractivity contribution in [2.75, 3.05) is 0 Å². The van der Waals surface area contributed by atoms with E-state index in [4.69, 9.17) is 11.6 Å². The first-order valence-electron chi connectivity index (χ1n) is 4.57. The van der Waals surface area contributed by atoms with Crippen molar-refractivity contribution in [2.45, 2.75) is 26.1 Å². The monoisotopic (exact) mass is 386 g/mol. The molecule has 0 atom stereocenters. The number of hydrogen-bond donors (Lipinski definition) is 0. The minimum Gasteiger partial charge on any atom is -0.122 e. The number of halogens is 3. The van der Waals surface area contributed by atoms with E-state index >= 15 is 0 Å². The molecule has 0 heterocycles. The standard InChI is InChI=1S/C11H13BrClI/c1-7(2)3-10-8(6-13)4-9(14)5-11(10)12/h4-5,7H,3,6H2,1-2H3. The molecule has 0 aliphatic carbocycles. The van der Waals surface area contributed by atoms with Crippen molar-refractivity contribution in [1.82, 2.24) is 0 Å². The molecule has 0 bridgehead atoms. The predicted octanol–water partition coefficient (Wildman–Crippen LogP) is 4.99. The molecule has 1 rings (SSSR count). The van der Waals surface area contributed by atoms with Crippen molar-refractivity contribution in [1.29, 1.82) is 0 Å². The molecule has 0 aliphatic heterocycles. The molecule has 0 fully saturated rings. The molecule has 0 radical (unpaired) electrons. The number of rotatable bonds is 3. The lowest BCUT2D eigenvalue weighted by atomic mass is 9.99. The highest BCUT2D eigenvalue weighted by atomic mass is 127.